The molecule has 2 aromatic rings. The van der Waals surface area contributed by atoms with Crippen LogP contribution < -0.4 is 10.1 Å². The van der Waals surface area contributed by atoms with Crippen LogP contribution in [0.1, 0.15) is 75.1 Å². The Morgan fingerprint density at radius 2 is 1.87 bits per heavy atom. The molecule has 1 saturated carbocycles. The van der Waals surface area contributed by atoms with Crippen LogP contribution in [0.25, 0.3) is 0 Å². The molecular weight excluding hydrogens is 390 g/mol. The maximum atomic E-state index is 13.7. The normalized spacial score (nSPS) is 22.3. The second kappa shape index (κ2) is 7.67. The van der Waals surface area contributed by atoms with Crippen LogP contribution in [-0.2, 0) is 10.2 Å². The Bertz CT molecular complexity index is 1110. The summed E-state index contributed by atoms with van der Waals surface area (Å²) in [7, 11) is 0. The summed E-state index contributed by atoms with van der Waals surface area (Å²) in [6, 6.07) is 11.3. The van der Waals surface area contributed by atoms with E-state index in [-0.39, 0.29) is 23.2 Å². The van der Waals surface area contributed by atoms with E-state index in [4.69, 9.17) is 4.74 Å². The van der Waals surface area contributed by atoms with Crippen LogP contribution >= 0.6 is 0 Å². The molecule has 1 N–H and O–H groups in total. The number of hydrogen-bond acceptors (Lipinski definition) is 6. The Labute approximate surface area is 182 Å². The Morgan fingerprint density at radius 3 is 2.52 bits per heavy atom. The van der Waals surface area contributed by atoms with Crippen molar-refractivity contribution in [3.05, 3.63) is 47.0 Å². The van der Waals surface area contributed by atoms with Gasteiger partial charge in [0.15, 0.2) is 11.4 Å². The van der Waals surface area contributed by atoms with Gasteiger partial charge in [-0.1, -0.05) is 27.2 Å². The van der Waals surface area contributed by atoms with Gasteiger partial charge in [0, 0.05) is 11.6 Å². The monoisotopic (exact) mass is 415 g/mol. The second-order valence-corrected chi connectivity index (χ2v) is 8.78. The molecule has 7 nitrogen and oxygen atoms in total. The molecule has 1 aromatic carbocycles. The number of amides is 1. The highest BCUT2D eigenvalue weighted by atomic mass is 16.5. The fourth-order valence-corrected chi connectivity index (χ4v) is 5.12. The van der Waals surface area contributed by atoms with Gasteiger partial charge in [-0.05, 0) is 48.9 Å². The van der Waals surface area contributed by atoms with Crippen molar-refractivity contribution in [2.75, 3.05) is 11.9 Å². The molecule has 0 aliphatic heterocycles. The summed E-state index contributed by atoms with van der Waals surface area (Å²) in [6.07, 6.45) is 3.49. The minimum absolute atomic E-state index is 0.0228. The van der Waals surface area contributed by atoms with Gasteiger partial charge in [0.2, 0.25) is 5.91 Å². The summed E-state index contributed by atoms with van der Waals surface area (Å²) in [5.74, 6) is 0.641. The van der Waals surface area contributed by atoms with Gasteiger partial charge < -0.3 is 10.1 Å². The largest absolute Gasteiger partial charge is 0.494 e. The van der Waals surface area contributed by atoms with Gasteiger partial charge in [0.25, 0.3) is 0 Å². The van der Waals surface area contributed by atoms with E-state index < -0.39 is 10.8 Å². The van der Waals surface area contributed by atoms with Gasteiger partial charge in [-0.2, -0.15) is 10.5 Å². The first-order chi connectivity index (χ1) is 14.9. The maximum Gasteiger partial charge on any atom is 0.237 e. The number of unbranched alkanes of at least 4 members (excludes halogenated alkanes) is 1. The van der Waals surface area contributed by atoms with Crippen molar-refractivity contribution in [2.24, 2.45) is 5.41 Å². The van der Waals surface area contributed by atoms with E-state index in [9.17, 15) is 15.3 Å². The topological polar surface area (TPSA) is 112 Å². The highest BCUT2D eigenvalue weighted by Gasteiger charge is 2.68. The number of aromatic nitrogens is 2. The number of nitriles is 2. The average molecular weight is 415 g/mol. The number of carbonyl (C=O) groups excluding carboxylic acids is 1. The van der Waals surface area contributed by atoms with E-state index in [2.05, 4.69) is 36.1 Å². The lowest BCUT2D eigenvalue weighted by molar-refractivity contribution is -0.124. The summed E-state index contributed by atoms with van der Waals surface area (Å²) in [5.41, 5.74) is 0.586. The zero-order valence-corrected chi connectivity index (χ0v) is 18.0. The molecule has 31 heavy (non-hydrogen) atoms. The molecule has 0 spiro atoms. The molecular formula is C24H25N5O2. The third-order valence-corrected chi connectivity index (χ3v) is 6.91. The first-order valence-electron chi connectivity index (χ1n) is 10.7. The molecule has 4 rings (SSSR count). The summed E-state index contributed by atoms with van der Waals surface area (Å²) in [4.78, 5) is 22.6. The minimum Gasteiger partial charge on any atom is -0.494 e. The molecule has 0 radical (unpaired) electrons. The maximum absolute atomic E-state index is 13.7. The van der Waals surface area contributed by atoms with Crippen LogP contribution in [0.15, 0.2) is 24.3 Å². The minimum atomic E-state index is -0.893. The van der Waals surface area contributed by atoms with Crippen molar-refractivity contribution in [3.8, 4) is 17.9 Å². The molecule has 2 atom stereocenters. The summed E-state index contributed by atoms with van der Waals surface area (Å²) < 4.78 is 5.69. The average Bonchev–Trinajstić information content (AvgIpc) is 3.15. The Morgan fingerprint density at radius 1 is 1.19 bits per heavy atom. The number of fused-ring (bicyclic) bond motifs is 5. The smallest absolute Gasteiger partial charge is 0.237 e. The molecule has 0 saturated heterocycles. The predicted molar refractivity (Wildman–Crippen MR) is 114 cm³/mol. The third kappa shape index (κ3) is 3.04. The number of nitrogens with one attached hydrogen (secondary N) is 1. The zero-order chi connectivity index (χ0) is 22.2. The van der Waals surface area contributed by atoms with Crippen LogP contribution in [0.5, 0.6) is 5.75 Å². The SMILES string of the molecule is CCCCOc1ccc(NC(=O)C23CCC(c4nc(C#N)c(C#N)nc42)C3(C)C)cc1. The third-order valence-electron chi connectivity index (χ3n) is 6.91. The summed E-state index contributed by atoms with van der Waals surface area (Å²) >= 11 is 0. The zero-order valence-electron chi connectivity index (χ0n) is 18.0. The number of rotatable bonds is 6. The van der Waals surface area contributed by atoms with Gasteiger partial charge >= 0.3 is 0 Å². The highest BCUT2D eigenvalue weighted by Crippen LogP contribution is 2.67. The highest BCUT2D eigenvalue weighted by molar-refractivity contribution is 6.01. The number of hydrogen-bond donors (Lipinski definition) is 1. The fraction of sp³-hybridized carbons (Fsp3) is 0.458. The van der Waals surface area contributed by atoms with Gasteiger partial charge in [0.05, 0.1) is 23.4 Å². The first-order valence-corrected chi connectivity index (χ1v) is 10.7. The molecule has 1 fully saturated rings. The second-order valence-electron chi connectivity index (χ2n) is 8.78. The molecule has 2 unspecified atom stereocenters. The van der Waals surface area contributed by atoms with Gasteiger partial charge in [-0.15, -0.1) is 0 Å². The van der Waals surface area contributed by atoms with Crippen LogP contribution in [0.2, 0.25) is 0 Å². The molecule has 1 heterocycles. The van der Waals surface area contributed by atoms with Crippen LogP contribution in [0.3, 0.4) is 0 Å². The molecule has 2 aliphatic carbocycles. The van der Waals surface area contributed by atoms with Gasteiger partial charge in [-0.25, -0.2) is 9.97 Å². The Balaban J connectivity index is 1.65. The molecule has 1 aromatic heterocycles. The van der Waals surface area contributed by atoms with Gasteiger partial charge in [0.1, 0.15) is 17.9 Å². The van der Waals surface area contributed by atoms with E-state index >= 15 is 0 Å². The molecule has 2 aliphatic rings. The fourth-order valence-electron chi connectivity index (χ4n) is 5.12. The van der Waals surface area contributed by atoms with Crippen LogP contribution in [0.4, 0.5) is 5.69 Å². The standard InChI is InChI=1S/C24H25N5O2/c1-4-5-12-31-16-8-6-15(7-9-16)27-22(30)24-11-10-17(23(24,2)3)20-21(24)29-19(14-26)18(13-25)28-20/h6-9,17H,4-5,10-12H2,1-3H3,(H,27,30). The lowest BCUT2D eigenvalue weighted by Crippen LogP contribution is -2.46. The summed E-state index contributed by atoms with van der Waals surface area (Å²) in [5, 5.41) is 21.8. The Kier molecular flexibility index (Phi) is 5.15. The van der Waals surface area contributed by atoms with E-state index in [0.29, 0.717) is 30.1 Å². The lowest BCUT2D eigenvalue weighted by atomic mass is 9.67. The lowest BCUT2D eigenvalue weighted by Gasteiger charge is -2.36. The molecule has 1 amide bonds. The number of benzene rings is 1. The van der Waals surface area contributed by atoms with Crippen molar-refractivity contribution in [2.45, 2.75) is 57.8 Å². The van der Waals surface area contributed by atoms with E-state index in [1.807, 2.05) is 36.4 Å². The first kappa shape index (κ1) is 20.8. The summed E-state index contributed by atoms with van der Waals surface area (Å²) in [6.45, 7) is 6.89. The van der Waals surface area contributed by atoms with E-state index in [0.717, 1.165) is 25.0 Å². The van der Waals surface area contributed by atoms with Crippen molar-refractivity contribution in [1.82, 2.24) is 9.97 Å². The van der Waals surface area contributed by atoms with Crippen molar-refractivity contribution in [3.63, 3.8) is 0 Å². The van der Waals surface area contributed by atoms with Gasteiger partial charge in [-0.3, -0.25) is 4.79 Å². The quantitative estimate of drug-likeness (QED) is 0.708. The predicted octanol–water partition coefficient (Wildman–Crippen LogP) is 4.19. The molecule has 2 bridgehead atoms. The number of anilines is 1. The van der Waals surface area contributed by atoms with Crippen molar-refractivity contribution >= 4 is 11.6 Å². The van der Waals surface area contributed by atoms with Crippen molar-refractivity contribution in [1.29, 1.82) is 10.5 Å². The van der Waals surface area contributed by atoms with Crippen LogP contribution in [0, 0.1) is 28.1 Å². The van der Waals surface area contributed by atoms with E-state index in [1.165, 1.54) is 0 Å². The number of ether oxygens (including phenoxy) is 1. The van der Waals surface area contributed by atoms with Crippen molar-refractivity contribution < 1.29 is 9.53 Å². The molecule has 7 heteroatoms. The number of carbonyl (C=O) groups is 1. The molecule has 158 valence electrons. The Hall–Kier alpha value is -3.45. The van der Waals surface area contributed by atoms with Crippen LogP contribution in [-0.4, -0.2) is 22.5 Å². The van der Waals surface area contributed by atoms with E-state index in [1.54, 1.807) is 0 Å². The number of nitrogens with zero attached hydrogens (tertiary/aromatic N) is 4.